The van der Waals surface area contributed by atoms with Crippen LogP contribution in [0.2, 0.25) is 0 Å². The summed E-state index contributed by atoms with van der Waals surface area (Å²) in [5.41, 5.74) is -0.129. The smallest absolute Gasteiger partial charge is 0.189 e. The number of ether oxygens (including phenoxy) is 1. The van der Waals surface area contributed by atoms with Crippen LogP contribution in [0.25, 0.3) is 0 Å². The fourth-order valence-corrected chi connectivity index (χ4v) is 4.58. The molecule has 0 spiro atoms. The molecule has 0 aromatic heterocycles. The first-order valence-electron chi connectivity index (χ1n) is 9.43. The molecule has 1 unspecified atom stereocenters. The highest BCUT2D eigenvalue weighted by Gasteiger charge is 2.57. The molecular formula is C22H23N5O. The zero-order chi connectivity index (χ0) is 20.3. The lowest BCUT2D eigenvalue weighted by Gasteiger charge is -2.47. The summed E-state index contributed by atoms with van der Waals surface area (Å²) in [6, 6.07) is 13.8. The van der Waals surface area contributed by atoms with E-state index in [1.807, 2.05) is 30.3 Å². The molecule has 1 aromatic rings. The Morgan fingerprint density at radius 2 is 2.04 bits per heavy atom. The number of hydrogen-bond donors (Lipinski definition) is 1. The van der Waals surface area contributed by atoms with E-state index in [0.29, 0.717) is 12.3 Å². The second kappa shape index (κ2) is 7.85. The van der Waals surface area contributed by atoms with Crippen molar-refractivity contribution in [3.8, 4) is 24.0 Å². The standard InChI is InChI=1S/C22H23N5O/c1-3-8-27-9-7-17-18(11-23)21(26)22(13-24,14-25)20(19(17)12-27)15-5-4-6-16(10-15)28-2/h4-7,10,18-20,26H,3,8-9,12H2,1-2H3/t18?,19-,20+/m0/s1. The molecule has 0 bridgehead atoms. The monoisotopic (exact) mass is 373 g/mol. The molecule has 142 valence electrons. The van der Waals surface area contributed by atoms with E-state index >= 15 is 0 Å². The van der Waals surface area contributed by atoms with Crippen LogP contribution < -0.4 is 4.74 Å². The molecule has 1 fully saturated rings. The van der Waals surface area contributed by atoms with Crippen molar-refractivity contribution < 1.29 is 4.74 Å². The van der Waals surface area contributed by atoms with Crippen LogP contribution in [0.3, 0.4) is 0 Å². The molecule has 1 aliphatic carbocycles. The Morgan fingerprint density at radius 3 is 2.64 bits per heavy atom. The van der Waals surface area contributed by atoms with Gasteiger partial charge in [0.25, 0.3) is 0 Å². The van der Waals surface area contributed by atoms with Gasteiger partial charge < -0.3 is 10.1 Å². The van der Waals surface area contributed by atoms with Crippen LogP contribution in [-0.2, 0) is 0 Å². The first-order valence-corrected chi connectivity index (χ1v) is 9.43. The van der Waals surface area contributed by atoms with Crippen molar-refractivity contribution in [3.05, 3.63) is 41.5 Å². The number of nitriles is 3. The predicted octanol–water partition coefficient (Wildman–Crippen LogP) is 3.25. The lowest BCUT2D eigenvalue weighted by atomic mass is 9.54. The Labute approximate surface area is 165 Å². The number of methoxy groups -OCH3 is 1. The zero-order valence-corrected chi connectivity index (χ0v) is 16.1. The predicted molar refractivity (Wildman–Crippen MR) is 105 cm³/mol. The quantitative estimate of drug-likeness (QED) is 0.815. The van der Waals surface area contributed by atoms with Gasteiger partial charge in [-0.1, -0.05) is 25.1 Å². The molecule has 1 aliphatic heterocycles. The molecule has 1 heterocycles. The topological polar surface area (TPSA) is 108 Å². The average molecular weight is 373 g/mol. The number of benzene rings is 1. The second-order valence-corrected chi connectivity index (χ2v) is 7.33. The molecule has 6 nitrogen and oxygen atoms in total. The fraction of sp³-hybridized carbons (Fsp3) is 0.455. The third-order valence-corrected chi connectivity index (χ3v) is 5.86. The summed E-state index contributed by atoms with van der Waals surface area (Å²) in [6.45, 7) is 4.41. The van der Waals surface area contributed by atoms with Crippen LogP contribution in [0.1, 0.15) is 24.8 Å². The average Bonchev–Trinajstić information content (AvgIpc) is 2.73. The van der Waals surface area contributed by atoms with Crippen molar-refractivity contribution in [1.29, 1.82) is 21.2 Å². The van der Waals surface area contributed by atoms with Gasteiger partial charge in [0.1, 0.15) is 11.7 Å². The van der Waals surface area contributed by atoms with Gasteiger partial charge in [-0.25, -0.2) is 0 Å². The first kappa shape index (κ1) is 19.6. The normalized spacial score (nSPS) is 26.2. The van der Waals surface area contributed by atoms with E-state index in [9.17, 15) is 15.8 Å². The van der Waals surface area contributed by atoms with Gasteiger partial charge in [-0.3, -0.25) is 4.90 Å². The minimum atomic E-state index is -1.68. The van der Waals surface area contributed by atoms with E-state index in [0.717, 1.165) is 30.6 Å². The van der Waals surface area contributed by atoms with Gasteiger partial charge in [-0.15, -0.1) is 0 Å². The highest BCUT2D eigenvalue weighted by molar-refractivity contribution is 6.00. The molecule has 3 atom stereocenters. The van der Waals surface area contributed by atoms with E-state index in [4.69, 9.17) is 10.1 Å². The maximum Gasteiger partial charge on any atom is 0.189 e. The van der Waals surface area contributed by atoms with Gasteiger partial charge in [0.15, 0.2) is 5.41 Å². The molecule has 1 aromatic carbocycles. The SMILES string of the molecule is CCCN1CC=C2C(C#N)C(=N)C(C#N)(C#N)[C@H](c3cccc(OC)c3)[C@H]2C1. The maximum atomic E-state index is 10.1. The Balaban J connectivity index is 2.22. The second-order valence-electron chi connectivity index (χ2n) is 7.33. The molecule has 0 radical (unpaired) electrons. The summed E-state index contributed by atoms with van der Waals surface area (Å²) in [4.78, 5) is 2.28. The minimum Gasteiger partial charge on any atom is -0.497 e. The molecule has 0 saturated heterocycles. The lowest BCUT2D eigenvalue weighted by molar-refractivity contribution is 0.204. The highest BCUT2D eigenvalue weighted by Crippen LogP contribution is 2.53. The molecule has 0 amide bonds. The summed E-state index contributed by atoms with van der Waals surface area (Å²) >= 11 is 0. The van der Waals surface area contributed by atoms with Crippen molar-refractivity contribution >= 4 is 5.71 Å². The van der Waals surface area contributed by atoms with Crippen LogP contribution in [0.5, 0.6) is 5.75 Å². The maximum absolute atomic E-state index is 10.1. The number of fused-ring (bicyclic) bond motifs is 1. The van der Waals surface area contributed by atoms with Crippen LogP contribution in [0, 0.1) is 56.7 Å². The van der Waals surface area contributed by atoms with E-state index < -0.39 is 17.3 Å². The summed E-state index contributed by atoms with van der Waals surface area (Å²) in [5.74, 6) is -0.885. The van der Waals surface area contributed by atoms with Gasteiger partial charge in [0, 0.05) is 24.9 Å². The summed E-state index contributed by atoms with van der Waals surface area (Å²) < 4.78 is 5.35. The molecule has 2 aliphatic rings. The van der Waals surface area contributed by atoms with E-state index in [1.54, 1.807) is 7.11 Å². The molecule has 28 heavy (non-hydrogen) atoms. The molecule has 1 N–H and O–H groups in total. The van der Waals surface area contributed by atoms with Gasteiger partial charge in [0.2, 0.25) is 0 Å². The largest absolute Gasteiger partial charge is 0.497 e. The van der Waals surface area contributed by atoms with Gasteiger partial charge in [-0.05, 0) is 36.2 Å². The highest BCUT2D eigenvalue weighted by atomic mass is 16.5. The summed E-state index contributed by atoms with van der Waals surface area (Å²) in [7, 11) is 1.57. The van der Waals surface area contributed by atoms with Crippen LogP contribution in [-0.4, -0.2) is 37.4 Å². The van der Waals surface area contributed by atoms with E-state index in [1.165, 1.54) is 0 Å². The van der Waals surface area contributed by atoms with Crippen LogP contribution >= 0.6 is 0 Å². The fourth-order valence-electron chi connectivity index (χ4n) is 4.58. The number of hydrogen-bond acceptors (Lipinski definition) is 6. The number of nitrogens with zero attached hydrogens (tertiary/aromatic N) is 4. The van der Waals surface area contributed by atoms with Crippen LogP contribution in [0.4, 0.5) is 0 Å². The molecule has 1 saturated carbocycles. The number of nitrogens with one attached hydrogen (secondary N) is 1. The first-order chi connectivity index (χ1) is 13.6. The number of rotatable bonds is 4. The Kier molecular flexibility index (Phi) is 5.50. The third-order valence-electron chi connectivity index (χ3n) is 5.86. The Hall–Kier alpha value is -3.14. The summed E-state index contributed by atoms with van der Waals surface area (Å²) in [6.07, 6.45) is 3.02. The minimum absolute atomic E-state index is 0.112. The Morgan fingerprint density at radius 1 is 1.29 bits per heavy atom. The van der Waals surface area contributed by atoms with Gasteiger partial charge >= 0.3 is 0 Å². The van der Waals surface area contributed by atoms with Gasteiger partial charge in [-0.2, -0.15) is 15.8 Å². The molecular weight excluding hydrogens is 350 g/mol. The lowest BCUT2D eigenvalue weighted by Crippen LogP contribution is -2.52. The van der Waals surface area contributed by atoms with Crippen molar-refractivity contribution in [1.82, 2.24) is 4.90 Å². The van der Waals surface area contributed by atoms with Crippen molar-refractivity contribution in [2.45, 2.75) is 19.3 Å². The van der Waals surface area contributed by atoms with Crippen molar-refractivity contribution in [2.75, 3.05) is 26.7 Å². The van der Waals surface area contributed by atoms with Gasteiger partial charge in [0.05, 0.1) is 31.0 Å². The summed E-state index contributed by atoms with van der Waals surface area (Å²) in [5, 5.41) is 38.5. The van der Waals surface area contributed by atoms with E-state index in [2.05, 4.69) is 30.0 Å². The van der Waals surface area contributed by atoms with Crippen molar-refractivity contribution in [2.24, 2.45) is 17.3 Å². The molecule has 6 heteroatoms. The zero-order valence-electron chi connectivity index (χ0n) is 16.1. The van der Waals surface area contributed by atoms with E-state index in [-0.39, 0.29) is 11.6 Å². The van der Waals surface area contributed by atoms with Crippen molar-refractivity contribution in [3.63, 3.8) is 0 Å². The third kappa shape index (κ3) is 2.95. The molecule has 3 rings (SSSR count). The van der Waals surface area contributed by atoms with Crippen LogP contribution in [0.15, 0.2) is 35.9 Å². The Bertz CT molecular complexity index is 915.